The molecule has 1 heterocycles. The molecule has 0 unspecified atom stereocenters. The summed E-state index contributed by atoms with van der Waals surface area (Å²) in [5.41, 5.74) is 5.25. The van der Waals surface area contributed by atoms with Crippen LogP contribution in [0.1, 0.15) is 47.8 Å². The first-order chi connectivity index (χ1) is 15.1. The van der Waals surface area contributed by atoms with Crippen LogP contribution in [0.25, 0.3) is 0 Å². The minimum atomic E-state index is -0.279. The van der Waals surface area contributed by atoms with Crippen molar-refractivity contribution in [2.24, 2.45) is 4.99 Å². The van der Waals surface area contributed by atoms with Gasteiger partial charge >= 0.3 is 0 Å². The molecule has 4 rings (SSSR count). The number of hydrogen-bond acceptors (Lipinski definition) is 5. The normalized spacial score (nSPS) is 18.4. The Hall–Kier alpha value is -3.31. The monoisotopic (exact) mass is 416 g/mol. The number of hydrogen-bond donors (Lipinski definition) is 2. The van der Waals surface area contributed by atoms with Crippen molar-refractivity contribution in [3.8, 4) is 17.2 Å². The van der Waals surface area contributed by atoms with E-state index in [1.807, 2.05) is 36.4 Å². The molecular weight excluding hydrogens is 388 g/mol. The van der Waals surface area contributed by atoms with Gasteiger partial charge < -0.3 is 14.6 Å². The third-order valence-electron chi connectivity index (χ3n) is 5.77. The highest BCUT2D eigenvalue weighted by Gasteiger charge is 2.28. The molecular formula is C26H28N2O3. The minimum absolute atomic E-state index is 0.0716. The topological polar surface area (TPSA) is 63.1 Å². The number of methoxy groups -OCH3 is 2. The van der Waals surface area contributed by atoms with Crippen LogP contribution in [0.3, 0.4) is 0 Å². The number of benzene rings is 3. The van der Waals surface area contributed by atoms with Crippen molar-refractivity contribution in [3.63, 3.8) is 0 Å². The summed E-state index contributed by atoms with van der Waals surface area (Å²) in [6, 6.07) is 21.8. The Balaban J connectivity index is 1.75. The molecule has 0 radical (unpaired) electrons. The zero-order valence-electron chi connectivity index (χ0n) is 18.1. The van der Waals surface area contributed by atoms with Gasteiger partial charge in [-0.1, -0.05) is 55.5 Å². The molecule has 0 spiro atoms. The molecule has 0 bridgehead atoms. The van der Waals surface area contributed by atoms with Crippen molar-refractivity contribution >= 4 is 5.71 Å². The average Bonchev–Trinajstić information content (AvgIpc) is 2.83. The summed E-state index contributed by atoms with van der Waals surface area (Å²) < 4.78 is 10.9. The van der Waals surface area contributed by atoms with E-state index in [4.69, 9.17) is 14.5 Å². The number of nitrogens with zero attached hydrogens (tertiary/aromatic N) is 1. The second kappa shape index (κ2) is 9.23. The lowest BCUT2D eigenvalue weighted by atomic mass is 9.93. The number of phenolic OH excluding ortho intramolecular Hbond substituents is 1. The number of aromatic hydroxyl groups is 1. The van der Waals surface area contributed by atoms with Crippen molar-refractivity contribution in [3.05, 3.63) is 89.0 Å². The summed E-state index contributed by atoms with van der Waals surface area (Å²) >= 11 is 0. The molecule has 31 heavy (non-hydrogen) atoms. The Bertz CT molecular complexity index is 1080. The van der Waals surface area contributed by atoms with Crippen LogP contribution < -0.4 is 14.8 Å². The molecule has 0 saturated carbocycles. The molecule has 3 aromatic rings. The molecule has 2 atom stereocenters. The van der Waals surface area contributed by atoms with E-state index in [0.717, 1.165) is 28.8 Å². The summed E-state index contributed by atoms with van der Waals surface area (Å²) in [5.74, 6) is 1.63. The number of ether oxygens (including phenoxy) is 2. The van der Waals surface area contributed by atoms with Gasteiger partial charge in [0.1, 0.15) is 11.9 Å². The van der Waals surface area contributed by atoms with Crippen molar-refractivity contribution in [2.75, 3.05) is 14.2 Å². The number of aryl methyl sites for hydroxylation is 1. The van der Waals surface area contributed by atoms with E-state index in [1.165, 1.54) is 5.56 Å². The van der Waals surface area contributed by atoms with Gasteiger partial charge in [-0.15, -0.1) is 0 Å². The third kappa shape index (κ3) is 4.42. The standard InChI is InChI=1S/C26H28N2O3/c1-4-17-9-11-18(12-10-17)21-16-22(20-7-5-6-8-23(20)29)28-26(27-21)19-13-14-24(30-2)25(15-19)31-3/h5-15,22,26,28-29H,4,16H2,1-3H3/t22-,26+/m0/s1. The molecule has 2 N–H and O–H groups in total. The van der Waals surface area contributed by atoms with Gasteiger partial charge in [0, 0.05) is 23.7 Å². The Morgan fingerprint density at radius 1 is 0.968 bits per heavy atom. The van der Waals surface area contributed by atoms with E-state index in [1.54, 1.807) is 20.3 Å². The van der Waals surface area contributed by atoms with Crippen molar-refractivity contribution in [1.29, 1.82) is 0 Å². The molecule has 1 aliphatic rings. The summed E-state index contributed by atoms with van der Waals surface area (Å²) in [5, 5.41) is 14.1. The lowest BCUT2D eigenvalue weighted by Gasteiger charge is -2.31. The van der Waals surface area contributed by atoms with Gasteiger partial charge in [-0.2, -0.15) is 0 Å². The van der Waals surface area contributed by atoms with Gasteiger partial charge in [0.05, 0.1) is 14.2 Å². The summed E-state index contributed by atoms with van der Waals surface area (Å²) in [4.78, 5) is 5.04. The quantitative estimate of drug-likeness (QED) is 0.580. The van der Waals surface area contributed by atoms with Gasteiger partial charge in [0.25, 0.3) is 0 Å². The van der Waals surface area contributed by atoms with E-state index in [2.05, 4.69) is 36.5 Å². The molecule has 5 nitrogen and oxygen atoms in total. The van der Waals surface area contributed by atoms with Crippen LogP contribution in [0.5, 0.6) is 17.2 Å². The highest BCUT2D eigenvalue weighted by Crippen LogP contribution is 2.36. The van der Waals surface area contributed by atoms with Crippen LogP contribution in [-0.4, -0.2) is 25.0 Å². The molecule has 160 valence electrons. The van der Waals surface area contributed by atoms with E-state index in [9.17, 15) is 5.11 Å². The van der Waals surface area contributed by atoms with Gasteiger partial charge in [-0.25, -0.2) is 0 Å². The summed E-state index contributed by atoms with van der Waals surface area (Å²) in [6.07, 6.45) is 1.41. The molecule has 0 aromatic heterocycles. The molecule has 0 fully saturated rings. The Kier molecular flexibility index (Phi) is 6.23. The van der Waals surface area contributed by atoms with Gasteiger partial charge in [-0.05, 0) is 41.3 Å². The molecule has 0 aliphatic carbocycles. The first kappa shape index (κ1) is 20.9. The maximum atomic E-state index is 10.5. The highest BCUT2D eigenvalue weighted by molar-refractivity contribution is 6.01. The van der Waals surface area contributed by atoms with Crippen LogP contribution in [-0.2, 0) is 6.42 Å². The number of rotatable bonds is 6. The summed E-state index contributed by atoms with van der Waals surface area (Å²) in [7, 11) is 3.26. The maximum absolute atomic E-state index is 10.5. The average molecular weight is 417 g/mol. The fourth-order valence-electron chi connectivity index (χ4n) is 3.99. The van der Waals surface area contributed by atoms with Crippen LogP contribution in [0.4, 0.5) is 0 Å². The van der Waals surface area contributed by atoms with E-state index >= 15 is 0 Å². The zero-order chi connectivity index (χ0) is 21.8. The van der Waals surface area contributed by atoms with E-state index in [0.29, 0.717) is 17.9 Å². The maximum Gasteiger partial charge on any atom is 0.161 e. The van der Waals surface area contributed by atoms with E-state index in [-0.39, 0.29) is 18.0 Å². The Morgan fingerprint density at radius 2 is 1.71 bits per heavy atom. The largest absolute Gasteiger partial charge is 0.508 e. The number of aliphatic imine (C=N–C) groups is 1. The SMILES string of the molecule is CCc1ccc(C2=N[C@@H](c3ccc(OC)c(OC)c3)N[C@H](c3ccccc3O)C2)cc1. The molecule has 5 heteroatoms. The first-order valence-electron chi connectivity index (χ1n) is 10.5. The fourth-order valence-corrected chi connectivity index (χ4v) is 3.99. The number of para-hydroxylation sites is 1. The number of phenols is 1. The Labute approximate surface area is 183 Å². The second-order valence-electron chi connectivity index (χ2n) is 7.63. The van der Waals surface area contributed by atoms with Gasteiger partial charge in [0.15, 0.2) is 11.5 Å². The second-order valence-corrected chi connectivity index (χ2v) is 7.63. The summed E-state index contributed by atoms with van der Waals surface area (Å²) in [6.45, 7) is 2.15. The van der Waals surface area contributed by atoms with Crippen LogP contribution in [0.15, 0.2) is 71.7 Å². The predicted octanol–water partition coefficient (Wildman–Crippen LogP) is 5.19. The predicted molar refractivity (Wildman–Crippen MR) is 123 cm³/mol. The molecule has 3 aromatic carbocycles. The molecule has 0 amide bonds. The van der Waals surface area contributed by atoms with Crippen LogP contribution in [0.2, 0.25) is 0 Å². The van der Waals surface area contributed by atoms with Crippen molar-refractivity contribution in [1.82, 2.24) is 5.32 Å². The van der Waals surface area contributed by atoms with Crippen LogP contribution in [0, 0.1) is 0 Å². The van der Waals surface area contributed by atoms with Crippen molar-refractivity contribution in [2.45, 2.75) is 32.0 Å². The molecule has 1 aliphatic heterocycles. The van der Waals surface area contributed by atoms with Gasteiger partial charge in [-0.3, -0.25) is 10.3 Å². The first-order valence-corrected chi connectivity index (χ1v) is 10.5. The van der Waals surface area contributed by atoms with Crippen molar-refractivity contribution < 1.29 is 14.6 Å². The lowest BCUT2D eigenvalue weighted by molar-refractivity contribution is 0.353. The highest BCUT2D eigenvalue weighted by atomic mass is 16.5. The minimum Gasteiger partial charge on any atom is -0.508 e. The van der Waals surface area contributed by atoms with Crippen LogP contribution >= 0.6 is 0 Å². The lowest BCUT2D eigenvalue weighted by Crippen LogP contribution is -2.33. The third-order valence-corrected chi connectivity index (χ3v) is 5.77. The fraction of sp³-hybridized carbons (Fsp3) is 0.269. The Morgan fingerprint density at radius 3 is 2.39 bits per heavy atom. The van der Waals surface area contributed by atoms with Gasteiger partial charge in [0.2, 0.25) is 0 Å². The molecule has 0 saturated heterocycles. The smallest absolute Gasteiger partial charge is 0.161 e. The van der Waals surface area contributed by atoms with E-state index < -0.39 is 0 Å². The number of nitrogens with one attached hydrogen (secondary N) is 1. The zero-order valence-corrected chi connectivity index (χ0v) is 18.1.